The van der Waals surface area contributed by atoms with Gasteiger partial charge in [0.15, 0.2) is 0 Å². The summed E-state index contributed by atoms with van der Waals surface area (Å²) in [6.45, 7) is 21.1. The fraction of sp³-hybridized carbons (Fsp3) is 0.302. The first-order valence-corrected chi connectivity index (χ1v) is 15.8. The van der Waals surface area contributed by atoms with Crippen molar-refractivity contribution < 1.29 is 0 Å². The van der Waals surface area contributed by atoms with E-state index in [1.54, 1.807) is 0 Å². The van der Waals surface area contributed by atoms with E-state index in [9.17, 15) is 0 Å². The minimum Gasteiger partial charge on any atom is -0.0763 e. The molecule has 0 radical (unpaired) electrons. The Kier molecular flexibility index (Phi) is 7.04. The van der Waals surface area contributed by atoms with Crippen LogP contribution in [-0.4, -0.2) is 0 Å². The van der Waals surface area contributed by atoms with E-state index in [-0.39, 0.29) is 16.2 Å². The SMILES string of the molecule is CC(C)(C)C1=CCC(c2c3c(cc(C(C)(C)C)c2=C(c2ccccc2)c2ccccc2)=c2cc(C(C)(C)C)ccc2=C3)=C1. The maximum absolute atomic E-state index is 2.53. The highest BCUT2D eigenvalue weighted by atomic mass is 14.3. The number of fused-ring (bicyclic) bond motifs is 2. The molecule has 0 aliphatic heterocycles. The summed E-state index contributed by atoms with van der Waals surface area (Å²) in [6, 6.07) is 31.7. The van der Waals surface area contributed by atoms with Gasteiger partial charge in [0.25, 0.3) is 0 Å². The molecule has 6 rings (SSSR count). The van der Waals surface area contributed by atoms with Gasteiger partial charge in [0.2, 0.25) is 0 Å². The Balaban J connectivity index is 1.89. The Morgan fingerprint density at radius 1 is 0.581 bits per heavy atom. The zero-order valence-electron chi connectivity index (χ0n) is 27.5. The molecule has 218 valence electrons. The fourth-order valence-corrected chi connectivity index (χ4v) is 6.68. The maximum Gasteiger partial charge on any atom is -0.00295 e. The number of allylic oxidation sites excluding steroid dienone is 4. The van der Waals surface area contributed by atoms with Crippen LogP contribution in [0.4, 0.5) is 0 Å². The van der Waals surface area contributed by atoms with Crippen molar-refractivity contribution in [2.45, 2.75) is 79.6 Å². The van der Waals surface area contributed by atoms with Crippen LogP contribution >= 0.6 is 0 Å². The Bertz CT molecular complexity index is 1950. The van der Waals surface area contributed by atoms with Crippen LogP contribution in [0.25, 0.3) is 17.2 Å². The van der Waals surface area contributed by atoms with Crippen LogP contribution in [-0.2, 0) is 10.8 Å². The molecule has 0 fully saturated rings. The number of hydrogen-bond donors (Lipinski definition) is 0. The van der Waals surface area contributed by atoms with E-state index >= 15 is 0 Å². The molecule has 0 heteroatoms. The van der Waals surface area contributed by atoms with E-state index in [0.29, 0.717) is 0 Å². The standard InChI is InChI=1S/C43H46/c1-41(2,3)32-23-21-31(24-32)39-36-25-30-20-22-33(42(4,5)6)26-34(30)35(36)27-37(43(7,8)9)40(39)38(28-16-12-10-13-17-28)29-18-14-11-15-19-29/h10-20,22-27H,21H2,1-9H3. The molecule has 0 N–H and O–H groups in total. The molecule has 0 unspecified atom stereocenters. The van der Waals surface area contributed by atoms with Gasteiger partial charge in [-0.2, -0.15) is 0 Å². The van der Waals surface area contributed by atoms with Gasteiger partial charge >= 0.3 is 0 Å². The van der Waals surface area contributed by atoms with Gasteiger partial charge in [-0.3, -0.25) is 0 Å². The molecule has 0 heterocycles. The fourth-order valence-electron chi connectivity index (χ4n) is 6.68. The molecule has 2 aliphatic rings. The first-order valence-electron chi connectivity index (χ1n) is 15.8. The summed E-state index contributed by atoms with van der Waals surface area (Å²) in [5, 5.41) is 5.43. The molecule has 4 aromatic carbocycles. The molecule has 0 nitrogen and oxygen atoms in total. The molecule has 0 bridgehead atoms. The normalized spacial score (nSPS) is 14.5. The van der Waals surface area contributed by atoms with Gasteiger partial charge in [0.1, 0.15) is 0 Å². The van der Waals surface area contributed by atoms with Crippen LogP contribution in [0.5, 0.6) is 0 Å². The van der Waals surface area contributed by atoms with Gasteiger partial charge in [-0.15, -0.1) is 0 Å². The van der Waals surface area contributed by atoms with Crippen molar-refractivity contribution >= 4 is 17.2 Å². The highest BCUT2D eigenvalue weighted by Crippen LogP contribution is 2.39. The van der Waals surface area contributed by atoms with Gasteiger partial charge in [-0.05, 0) is 106 Å². The van der Waals surface area contributed by atoms with Crippen LogP contribution in [0.3, 0.4) is 0 Å². The van der Waals surface area contributed by atoms with E-state index in [1.165, 1.54) is 71.0 Å². The summed E-state index contributed by atoms with van der Waals surface area (Å²) in [4.78, 5) is 0. The predicted molar refractivity (Wildman–Crippen MR) is 185 cm³/mol. The van der Waals surface area contributed by atoms with Crippen molar-refractivity contribution in [1.29, 1.82) is 0 Å². The highest BCUT2D eigenvalue weighted by molar-refractivity contribution is 5.88. The van der Waals surface area contributed by atoms with Crippen LogP contribution < -0.4 is 10.4 Å². The second-order valence-electron chi connectivity index (χ2n) is 15.5. The number of hydrogen-bond acceptors (Lipinski definition) is 0. The number of benzene rings is 4. The Morgan fingerprint density at radius 3 is 1.70 bits per heavy atom. The zero-order valence-corrected chi connectivity index (χ0v) is 27.5. The average Bonchev–Trinajstić information content (AvgIpc) is 3.58. The van der Waals surface area contributed by atoms with E-state index in [1.807, 2.05) is 0 Å². The summed E-state index contributed by atoms with van der Waals surface area (Å²) < 4.78 is 0. The van der Waals surface area contributed by atoms with E-state index < -0.39 is 0 Å². The van der Waals surface area contributed by atoms with Crippen LogP contribution in [0.1, 0.15) is 102 Å². The van der Waals surface area contributed by atoms with Crippen molar-refractivity contribution in [3.63, 3.8) is 0 Å². The third-order valence-electron chi connectivity index (χ3n) is 9.12. The molecule has 0 aromatic heterocycles. The smallest absolute Gasteiger partial charge is 0.00295 e. The van der Waals surface area contributed by atoms with Crippen LogP contribution in [0.2, 0.25) is 0 Å². The lowest BCUT2D eigenvalue weighted by atomic mass is 9.78. The lowest BCUT2D eigenvalue weighted by molar-refractivity contribution is 0.518. The third kappa shape index (κ3) is 5.38. The second-order valence-corrected chi connectivity index (χ2v) is 15.5. The molecule has 0 saturated heterocycles. The summed E-state index contributed by atoms with van der Waals surface area (Å²) in [6.07, 6.45) is 8.37. The molecular formula is C43H46. The summed E-state index contributed by atoms with van der Waals surface area (Å²) >= 11 is 0. The quantitative estimate of drug-likeness (QED) is 0.205. The van der Waals surface area contributed by atoms with Gasteiger partial charge in [-0.1, -0.05) is 153 Å². The Labute approximate surface area is 258 Å². The van der Waals surface area contributed by atoms with Gasteiger partial charge < -0.3 is 0 Å². The number of rotatable bonds is 3. The first-order chi connectivity index (χ1) is 20.2. The topological polar surface area (TPSA) is 0 Å². The van der Waals surface area contributed by atoms with E-state index in [0.717, 1.165) is 6.42 Å². The van der Waals surface area contributed by atoms with Crippen LogP contribution in [0, 0.1) is 15.9 Å². The van der Waals surface area contributed by atoms with Crippen molar-refractivity contribution in [1.82, 2.24) is 0 Å². The third-order valence-corrected chi connectivity index (χ3v) is 9.12. The van der Waals surface area contributed by atoms with Crippen molar-refractivity contribution in [3.05, 3.63) is 157 Å². The first kappa shape index (κ1) is 29.2. The van der Waals surface area contributed by atoms with Gasteiger partial charge in [0.05, 0.1) is 0 Å². The molecule has 0 spiro atoms. The molecule has 0 amide bonds. The lowest BCUT2D eigenvalue weighted by Gasteiger charge is -2.26. The molecule has 0 saturated carbocycles. The summed E-state index contributed by atoms with van der Waals surface area (Å²) in [5.74, 6) is 0. The highest BCUT2D eigenvalue weighted by Gasteiger charge is 2.28. The minimum atomic E-state index is -0.0717. The molecule has 4 aromatic rings. The molecular weight excluding hydrogens is 516 g/mol. The Morgan fingerprint density at radius 2 is 1.19 bits per heavy atom. The molecule has 0 atom stereocenters. The minimum absolute atomic E-state index is 0.0717. The molecule has 2 aliphatic carbocycles. The lowest BCUT2D eigenvalue weighted by Crippen LogP contribution is -2.29. The van der Waals surface area contributed by atoms with Crippen molar-refractivity contribution in [2.24, 2.45) is 5.41 Å². The summed E-state index contributed by atoms with van der Waals surface area (Å²) in [7, 11) is 0. The monoisotopic (exact) mass is 562 g/mol. The predicted octanol–water partition coefficient (Wildman–Crippen LogP) is 9.72. The van der Waals surface area contributed by atoms with Crippen molar-refractivity contribution in [3.8, 4) is 0 Å². The van der Waals surface area contributed by atoms with Gasteiger partial charge in [0, 0.05) is 0 Å². The van der Waals surface area contributed by atoms with E-state index in [2.05, 4.69) is 165 Å². The summed E-state index contributed by atoms with van der Waals surface area (Å²) in [5.41, 5.74) is 12.3. The zero-order chi connectivity index (χ0) is 30.7. The largest absolute Gasteiger partial charge is 0.0763 e. The molecule has 43 heavy (non-hydrogen) atoms. The Hall–Kier alpha value is -3.90. The second kappa shape index (κ2) is 10.4. The van der Waals surface area contributed by atoms with Crippen LogP contribution in [0.15, 0.2) is 103 Å². The van der Waals surface area contributed by atoms with Gasteiger partial charge in [-0.25, -0.2) is 0 Å². The average molecular weight is 563 g/mol. The maximum atomic E-state index is 2.53. The van der Waals surface area contributed by atoms with Crippen molar-refractivity contribution in [2.75, 3.05) is 0 Å². The van der Waals surface area contributed by atoms with E-state index in [4.69, 9.17) is 0 Å².